The Kier molecular flexibility index (Phi) is 2.19. The summed E-state index contributed by atoms with van der Waals surface area (Å²) >= 11 is 0. The zero-order valence-corrected chi connectivity index (χ0v) is 6.66. The Morgan fingerprint density at radius 2 is 2.25 bits per heavy atom. The average Bonchev–Trinajstić information content (AvgIpc) is 1.96. The predicted octanol–water partition coefficient (Wildman–Crippen LogP) is 0.933. The molecule has 4 heteroatoms. The summed E-state index contributed by atoms with van der Waals surface area (Å²) in [6.45, 7) is 1.40. The average molecular weight is 166 g/mol. The zero-order chi connectivity index (χ0) is 9.14. The Labute approximate surface area is 70.0 Å². The molecular weight excluding hydrogens is 156 g/mol. The van der Waals surface area contributed by atoms with Crippen LogP contribution in [-0.4, -0.2) is 11.0 Å². The molecule has 64 valence electrons. The number of amides is 1. The van der Waals surface area contributed by atoms with Gasteiger partial charge in [0.05, 0.1) is 5.69 Å². The summed E-state index contributed by atoms with van der Waals surface area (Å²) in [6, 6.07) is 4.55. The lowest BCUT2D eigenvalue weighted by molar-refractivity contribution is -0.114. The van der Waals surface area contributed by atoms with Crippen LogP contribution in [0, 0.1) is 0 Å². The number of nitrogens with one attached hydrogen (secondary N) is 1. The summed E-state index contributed by atoms with van der Waals surface area (Å²) in [5.41, 5.74) is 6.19. The molecule has 0 aromatic heterocycles. The standard InChI is InChI=1S/C8H10N2O2/c1-5(11)10-6-2-3-7(9)8(12)4-6/h2-4,12H,9H2,1H3,(H,10,11). The lowest BCUT2D eigenvalue weighted by Gasteiger charge is -2.03. The van der Waals surface area contributed by atoms with Gasteiger partial charge >= 0.3 is 0 Å². The molecule has 4 nitrogen and oxygen atoms in total. The van der Waals surface area contributed by atoms with E-state index in [1.807, 2.05) is 0 Å². The molecule has 0 aliphatic heterocycles. The van der Waals surface area contributed by atoms with E-state index in [4.69, 9.17) is 10.8 Å². The molecule has 0 atom stereocenters. The number of carbonyl (C=O) groups is 1. The minimum atomic E-state index is -0.181. The monoisotopic (exact) mass is 166 g/mol. The normalized spacial score (nSPS) is 9.42. The van der Waals surface area contributed by atoms with E-state index in [1.165, 1.54) is 19.1 Å². The predicted molar refractivity (Wildman–Crippen MR) is 46.8 cm³/mol. The van der Waals surface area contributed by atoms with Crippen molar-refractivity contribution < 1.29 is 9.90 Å². The highest BCUT2D eigenvalue weighted by molar-refractivity contribution is 5.89. The second-order valence-corrected chi connectivity index (χ2v) is 2.45. The topological polar surface area (TPSA) is 75.4 Å². The maximum Gasteiger partial charge on any atom is 0.221 e. The summed E-state index contributed by atoms with van der Waals surface area (Å²) in [4.78, 5) is 10.6. The largest absolute Gasteiger partial charge is 0.506 e. The van der Waals surface area contributed by atoms with Crippen molar-refractivity contribution in [2.45, 2.75) is 6.92 Å². The van der Waals surface area contributed by atoms with E-state index in [1.54, 1.807) is 6.07 Å². The van der Waals surface area contributed by atoms with Crippen molar-refractivity contribution in [2.75, 3.05) is 11.1 Å². The Hall–Kier alpha value is -1.71. The number of phenols is 1. The van der Waals surface area contributed by atoms with Gasteiger partial charge in [-0.25, -0.2) is 0 Å². The maximum atomic E-state index is 10.6. The molecule has 1 amide bonds. The van der Waals surface area contributed by atoms with Crippen LogP contribution in [-0.2, 0) is 4.79 Å². The first-order valence-corrected chi connectivity index (χ1v) is 3.45. The van der Waals surface area contributed by atoms with Crippen LogP contribution in [0.4, 0.5) is 11.4 Å². The quantitative estimate of drug-likeness (QED) is 0.429. The smallest absolute Gasteiger partial charge is 0.221 e. The highest BCUT2D eigenvalue weighted by Gasteiger charge is 1.99. The van der Waals surface area contributed by atoms with E-state index >= 15 is 0 Å². The third-order valence-corrected chi connectivity index (χ3v) is 1.35. The van der Waals surface area contributed by atoms with E-state index in [0.29, 0.717) is 11.4 Å². The molecule has 0 aliphatic rings. The number of nitrogen functional groups attached to an aromatic ring is 1. The molecule has 0 heterocycles. The van der Waals surface area contributed by atoms with E-state index in [2.05, 4.69) is 5.32 Å². The molecule has 1 aromatic rings. The van der Waals surface area contributed by atoms with Crippen molar-refractivity contribution in [2.24, 2.45) is 0 Å². The number of aromatic hydroxyl groups is 1. The van der Waals surface area contributed by atoms with Crippen LogP contribution in [0.2, 0.25) is 0 Å². The summed E-state index contributed by atoms with van der Waals surface area (Å²) in [5.74, 6) is -0.208. The van der Waals surface area contributed by atoms with Gasteiger partial charge in [0.2, 0.25) is 5.91 Å². The Morgan fingerprint density at radius 3 is 2.75 bits per heavy atom. The van der Waals surface area contributed by atoms with Crippen molar-refractivity contribution in [1.82, 2.24) is 0 Å². The van der Waals surface area contributed by atoms with Crippen LogP contribution in [0.15, 0.2) is 18.2 Å². The molecule has 0 saturated carbocycles. The number of benzene rings is 1. The molecule has 0 unspecified atom stereocenters. The third kappa shape index (κ3) is 1.88. The molecule has 1 aromatic carbocycles. The van der Waals surface area contributed by atoms with Gasteiger partial charge in [-0.2, -0.15) is 0 Å². The maximum absolute atomic E-state index is 10.6. The first kappa shape index (κ1) is 8.39. The molecule has 0 spiro atoms. The van der Waals surface area contributed by atoms with Gasteiger partial charge in [0.25, 0.3) is 0 Å². The van der Waals surface area contributed by atoms with Crippen LogP contribution in [0.25, 0.3) is 0 Å². The minimum Gasteiger partial charge on any atom is -0.506 e. The van der Waals surface area contributed by atoms with Gasteiger partial charge < -0.3 is 16.2 Å². The van der Waals surface area contributed by atoms with Crippen LogP contribution in [0.5, 0.6) is 5.75 Å². The molecule has 12 heavy (non-hydrogen) atoms. The molecule has 0 saturated heterocycles. The van der Waals surface area contributed by atoms with E-state index in [9.17, 15) is 4.79 Å². The molecule has 0 bridgehead atoms. The van der Waals surface area contributed by atoms with Crippen molar-refractivity contribution in [3.8, 4) is 5.75 Å². The number of phenolic OH excluding ortho intramolecular Hbond substituents is 1. The molecule has 0 radical (unpaired) electrons. The Bertz CT molecular complexity index is 310. The number of nitrogens with two attached hydrogens (primary N) is 1. The van der Waals surface area contributed by atoms with Gasteiger partial charge in [-0.3, -0.25) is 4.79 Å². The summed E-state index contributed by atoms with van der Waals surface area (Å²) in [6.07, 6.45) is 0. The van der Waals surface area contributed by atoms with E-state index < -0.39 is 0 Å². The number of hydrogen-bond donors (Lipinski definition) is 3. The van der Waals surface area contributed by atoms with Crippen LogP contribution in [0.1, 0.15) is 6.92 Å². The van der Waals surface area contributed by atoms with Gasteiger partial charge in [0.1, 0.15) is 5.75 Å². The van der Waals surface area contributed by atoms with Gasteiger partial charge in [0, 0.05) is 18.7 Å². The highest BCUT2D eigenvalue weighted by atomic mass is 16.3. The van der Waals surface area contributed by atoms with Crippen molar-refractivity contribution in [3.05, 3.63) is 18.2 Å². The van der Waals surface area contributed by atoms with Crippen LogP contribution >= 0.6 is 0 Å². The van der Waals surface area contributed by atoms with Gasteiger partial charge in [-0.1, -0.05) is 0 Å². The van der Waals surface area contributed by atoms with Crippen LogP contribution < -0.4 is 11.1 Å². The Morgan fingerprint density at radius 1 is 1.58 bits per heavy atom. The van der Waals surface area contributed by atoms with Gasteiger partial charge in [-0.15, -0.1) is 0 Å². The lowest BCUT2D eigenvalue weighted by Crippen LogP contribution is -2.05. The first-order valence-electron chi connectivity index (χ1n) is 3.45. The summed E-state index contributed by atoms with van der Waals surface area (Å²) < 4.78 is 0. The molecule has 0 aliphatic carbocycles. The third-order valence-electron chi connectivity index (χ3n) is 1.35. The lowest BCUT2D eigenvalue weighted by atomic mass is 10.2. The summed E-state index contributed by atoms with van der Waals surface area (Å²) in [7, 11) is 0. The van der Waals surface area contributed by atoms with Crippen LogP contribution in [0.3, 0.4) is 0 Å². The Balaban J connectivity index is 2.89. The fraction of sp³-hybridized carbons (Fsp3) is 0.125. The minimum absolute atomic E-state index is 0.0266. The molecule has 1 rings (SSSR count). The van der Waals surface area contributed by atoms with Gasteiger partial charge in [0.15, 0.2) is 0 Å². The second kappa shape index (κ2) is 3.13. The van der Waals surface area contributed by atoms with Crippen molar-refractivity contribution >= 4 is 17.3 Å². The fourth-order valence-electron chi connectivity index (χ4n) is 0.825. The number of hydrogen-bond acceptors (Lipinski definition) is 3. The second-order valence-electron chi connectivity index (χ2n) is 2.45. The van der Waals surface area contributed by atoms with E-state index in [0.717, 1.165) is 0 Å². The van der Waals surface area contributed by atoms with Gasteiger partial charge in [-0.05, 0) is 12.1 Å². The SMILES string of the molecule is CC(=O)Nc1ccc(N)c(O)c1. The number of rotatable bonds is 1. The number of carbonyl (C=O) groups excluding carboxylic acids is 1. The molecule has 4 N–H and O–H groups in total. The first-order chi connectivity index (χ1) is 5.59. The van der Waals surface area contributed by atoms with Crippen molar-refractivity contribution in [3.63, 3.8) is 0 Å². The highest BCUT2D eigenvalue weighted by Crippen LogP contribution is 2.23. The number of anilines is 2. The van der Waals surface area contributed by atoms with E-state index in [-0.39, 0.29) is 11.7 Å². The molecule has 0 fully saturated rings. The fourth-order valence-corrected chi connectivity index (χ4v) is 0.825. The summed E-state index contributed by atoms with van der Waals surface area (Å²) in [5, 5.41) is 11.7. The molecular formula is C8H10N2O2. The van der Waals surface area contributed by atoms with Crippen molar-refractivity contribution in [1.29, 1.82) is 0 Å². The zero-order valence-electron chi connectivity index (χ0n) is 6.66.